The predicted octanol–water partition coefficient (Wildman–Crippen LogP) is 3.81. The van der Waals surface area contributed by atoms with Crippen LogP contribution in [-0.2, 0) is 36.2 Å². The number of imidazole rings is 1. The van der Waals surface area contributed by atoms with Crippen LogP contribution in [0.2, 0.25) is 0 Å². The average Bonchev–Trinajstić information content (AvgIpc) is 3.68. The van der Waals surface area contributed by atoms with Crippen molar-refractivity contribution in [1.82, 2.24) is 40.4 Å². The number of aryl methyl sites for hydroxylation is 1. The topological polar surface area (TPSA) is 143 Å². The van der Waals surface area contributed by atoms with E-state index < -0.39 is 12.1 Å². The normalized spacial score (nSPS) is 13.3. The van der Waals surface area contributed by atoms with Crippen LogP contribution in [0.1, 0.15) is 67.7 Å². The number of hydrogen-bond donors (Lipinski definition) is 3. The Kier molecular flexibility index (Phi) is 12.1. The first-order valence-corrected chi connectivity index (χ1v) is 15.3. The van der Waals surface area contributed by atoms with E-state index in [-0.39, 0.29) is 37.0 Å². The number of thiazole rings is 2. The van der Waals surface area contributed by atoms with Crippen molar-refractivity contribution in [2.24, 2.45) is 7.05 Å². The van der Waals surface area contributed by atoms with E-state index in [9.17, 15) is 14.4 Å². The number of carbonyl (C=O) groups excluding carboxylic acids is 3. The zero-order valence-electron chi connectivity index (χ0n) is 24.4. The molecule has 3 rings (SSSR count). The number of aromatic nitrogens is 4. The summed E-state index contributed by atoms with van der Waals surface area (Å²) >= 11 is 3.00. The minimum Gasteiger partial charge on any atom is -0.444 e. The molecule has 224 valence electrons. The molecule has 0 aliphatic heterocycles. The van der Waals surface area contributed by atoms with E-state index in [1.165, 1.54) is 16.2 Å². The molecule has 0 spiro atoms. The third-order valence-corrected chi connectivity index (χ3v) is 8.16. The second-order valence-corrected chi connectivity index (χ2v) is 12.4. The van der Waals surface area contributed by atoms with E-state index in [4.69, 9.17) is 4.74 Å². The fraction of sp³-hybridized carbons (Fsp3) is 0.556. The minimum absolute atomic E-state index is 0.150. The number of rotatable bonds is 14. The van der Waals surface area contributed by atoms with Crippen LogP contribution < -0.4 is 16.0 Å². The van der Waals surface area contributed by atoms with Gasteiger partial charge >= 0.3 is 12.1 Å². The van der Waals surface area contributed by atoms with Gasteiger partial charge in [-0.05, 0) is 26.7 Å². The molecule has 0 bridgehead atoms. The van der Waals surface area contributed by atoms with Gasteiger partial charge in [0.15, 0.2) is 0 Å². The number of nitrogens with zero attached hydrogens (tertiary/aromatic N) is 5. The van der Waals surface area contributed by atoms with Crippen molar-refractivity contribution < 1.29 is 19.1 Å². The predicted molar refractivity (Wildman–Crippen MR) is 159 cm³/mol. The van der Waals surface area contributed by atoms with Crippen LogP contribution in [0.4, 0.5) is 9.59 Å². The van der Waals surface area contributed by atoms with Gasteiger partial charge in [0.2, 0.25) is 5.91 Å². The lowest BCUT2D eigenvalue weighted by Crippen LogP contribution is -2.53. The van der Waals surface area contributed by atoms with Crippen molar-refractivity contribution in [3.8, 4) is 0 Å². The number of hydrogen-bond acceptors (Lipinski definition) is 9. The summed E-state index contributed by atoms with van der Waals surface area (Å²) in [7, 11) is 3.53. The minimum atomic E-state index is -0.818. The van der Waals surface area contributed by atoms with Gasteiger partial charge in [-0.1, -0.05) is 13.8 Å². The molecule has 0 unspecified atom stereocenters. The van der Waals surface area contributed by atoms with Gasteiger partial charge in [-0.15, -0.1) is 22.7 Å². The van der Waals surface area contributed by atoms with Gasteiger partial charge in [0.25, 0.3) is 0 Å². The summed E-state index contributed by atoms with van der Waals surface area (Å²) in [6.07, 6.45) is 6.14. The van der Waals surface area contributed by atoms with Crippen molar-refractivity contribution in [3.63, 3.8) is 0 Å². The van der Waals surface area contributed by atoms with E-state index in [1.807, 2.05) is 32.5 Å². The first kappa shape index (κ1) is 32.0. The molecule has 3 heterocycles. The maximum Gasteiger partial charge on any atom is 0.407 e. The molecular formula is C27H40N8O4S2. The number of amides is 4. The van der Waals surface area contributed by atoms with Gasteiger partial charge in [-0.3, -0.25) is 9.78 Å². The summed E-state index contributed by atoms with van der Waals surface area (Å²) < 4.78 is 7.02. The molecule has 3 aromatic heterocycles. The Bertz CT molecular complexity index is 1260. The summed E-state index contributed by atoms with van der Waals surface area (Å²) in [4.78, 5) is 53.7. The molecule has 0 aromatic carbocycles. The maximum atomic E-state index is 13.3. The number of carbonyl (C=O) groups is 3. The zero-order valence-corrected chi connectivity index (χ0v) is 26.1. The third kappa shape index (κ3) is 10.8. The molecule has 14 heteroatoms. The molecule has 3 atom stereocenters. The van der Waals surface area contributed by atoms with Gasteiger partial charge < -0.3 is 30.2 Å². The number of urea groups is 1. The first-order valence-electron chi connectivity index (χ1n) is 13.5. The largest absolute Gasteiger partial charge is 0.444 e. The highest BCUT2D eigenvalue weighted by atomic mass is 32.1. The van der Waals surface area contributed by atoms with Crippen LogP contribution in [-0.4, -0.2) is 67.6 Å². The molecule has 41 heavy (non-hydrogen) atoms. The highest BCUT2D eigenvalue weighted by molar-refractivity contribution is 7.09. The quantitative estimate of drug-likeness (QED) is 0.254. The summed E-state index contributed by atoms with van der Waals surface area (Å²) in [5.74, 6) is 0.0216. The summed E-state index contributed by atoms with van der Waals surface area (Å²) in [5.41, 5.74) is 3.19. The lowest BCUT2D eigenvalue weighted by atomic mass is 10.1. The Morgan fingerprint density at radius 1 is 1.05 bits per heavy atom. The van der Waals surface area contributed by atoms with Crippen LogP contribution >= 0.6 is 22.7 Å². The number of alkyl carbamates (subject to hydrolysis) is 1. The summed E-state index contributed by atoms with van der Waals surface area (Å²) in [6.45, 7) is 8.45. The van der Waals surface area contributed by atoms with Gasteiger partial charge in [0.1, 0.15) is 12.6 Å². The highest BCUT2D eigenvalue weighted by Gasteiger charge is 2.25. The average molecular weight is 605 g/mol. The summed E-state index contributed by atoms with van der Waals surface area (Å²) in [6, 6.07) is -1.53. The Balaban J connectivity index is 1.50. The lowest BCUT2D eigenvalue weighted by Gasteiger charge is -2.24. The van der Waals surface area contributed by atoms with E-state index >= 15 is 0 Å². The van der Waals surface area contributed by atoms with E-state index in [2.05, 4.69) is 44.7 Å². The molecule has 0 aliphatic carbocycles. The lowest BCUT2D eigenvalue weighted by molar-refractivity contribution is -0.123. The second kappa shape index (κ2) is 15.5. The zero-order chi connectivity index (χ0) is 29.9. The molecular weight excluding hydrogens is 564 g/mol. The van der Waals surface area contributed by atoms with Crippen molar-refractivity contribution in [1.29, 1.82) is 0 Å². The summed E-state index contributed by atoms with van der Waals surface area (Å²) in [5, 5.41) is 11.7. The maximum absolute atomic E-state index is 13.3. The number of nitrogens with one attached hydrogen (secondary N) is 3. The molecule has 0 saturated heterocycles. The van der Waals surface area contributed by atoms with Crippen LogP contribution in [0.25, 0.3) is 0 Å². The third-order valence-electron chi connectivity index (χ3n) is 6.21. The molecule has 12 nitrogen and oxygen atoms in total. The molecule has 0 fully saturated rings. The Morgan fingerprint density at radius 3 is 2.39 bits per heavy atom. The van der Waals surface area contributed by atoms with Crippen LogP contribution in [0, 0.1) is 0 Å². The van der Waals surface area contributed by atoms with E-state index in [1.54, 1.807) is 41.0 Å². The molecule has 4 amide bonds. The Morgan fingerprint density at radius 2 is 1.78 bits per heavy atom. The van der Waals surface area contributed by atoms with Crippen molar-refractivity contribution in [2.75, 3.05) is 7.05 Å². The Labute approximate surface area is 248 Å². The number of ether oxygens (including phenoxy) is 1. The van der Waals surface area contributed by atoms with Crippen molar-refractivity contribution in [3.05, 3.63) is 50.9 Å². The van der Waals surface area contributed by atoms with Gasteiger partial charge in [0.05, 0.1) is 39.7 Å². The molecule has 3 N–H and O–H groups in total. The SMILES string of the molecule is CC(C)c1nc(CN(C)C(=O)N[C@@H](Cc2cn(C)cn2)C(=O)N[C@@H](C)CC[C@H](C)NC(=O)OCc2cncs2)cs1. The van der Waals surface area contributed by atoms with Crippen LogP contribution in [0.5, 0.6) is 0 Å². The molecule has 0 saturated carbocycles. The highest BCUT2D eigenvalue weighted by Crippen LogP contribution is 2.20. The molecule has 3 aromatic rings. The Hall–Kier alpha value is -3.52. The van der Waals surface area contributed by atoms with Crippen molar-refractivity contribution in [2.45, 2.75) is 84.2 Å². The molecule has 0 aliphatic rings. The van der Waals surface area contributed by atoms with Gasteiger partial charge in [0, 0.05) is 56.3 Å². The first-order chi connectivity index (χ1) is 19.5. The second-order valence-electron chi connectivity index (χ2n) is 10.5. The van der Waals surface area contributed by atoms with E-state index in [0.717, 1.165) is 15.6 Å². The standard InChI is InChI=1S/C27H40N8O4S2/c1-17(2)25-32-21(14-40-25)12-35(6)26(37)33-23(9-20-11-34(5)15-29-20)24(36)30-18(3)7-8-19(4)31-27(38)39-13-22-10-28-16-41-22/h10-11,14-19,23H,7-9,12-13H2,1-6H3,(H,30,36)(H,31,38)(H,33,37)/t18-,19-,23-/m0/s1. The fourth-order valence-electron chi connectivity index (χ4n) is 3.91. The van der Waals surface area contributed by atoms with Crippen molar-refractivity contribution >= 4 is 40.7 Å². The van der Waals surface area contributed by atoms with Crippen LogP contribution in [0.3, 0.4) is 0 Å². The molecule has 0 radical (unpaired) electrons. The van der Waals surface area contributed by atoms with Crippen LogP contribution in [0.15, 0.2) is 29.6 Å². The smallest absolute Gasteiger partial charge is 0.407 e. The van der Waals surface area contributed by atoms with Gasteiger partial charge in [-0.2, -0.15) is 0 Å². The monoisotopic (exact) mass is 604 g/mol. The van der Waals surface area contributed by atoms with E-state index in [0.29, 0.717) is 31.0 Å². The fourth-order valence-corrected chi connectivity index (χ4v) is 5.24. The van der Waals surface area contributed by atoms with Gasteiger partial charge in [-0.25, -0.2) is 19.6 Å².